The summed E-state index contributed by atoms with van der Waals surface area (Å²) in [6.45, 7) is 10.4. The van der Waals surface area contributed by atoms with Gasteiger partial charge in [0, 0.05) is 56.6 Å². The summed E-state index contributed by atoms with van der Waals surface area (Å²) in [7, 11) is 0. The number of carbonyl (C=O) groups excluding carboxylic acids is 2. The molecule has 204 valence electrons. The van der Waals surface area contributed by atoms with E-state index in [9.17, 15) is 14.0 Å². The molecule has 1 N–H and O–H groups in total. The predicted octanol–water partition coefficient (Wildman–Crippen LogP) is 3.59. The average molecular weight is 532 g/mol. The van der Waals surface area contributed by atoms with Crippen molar-refractivity contribution in [1.82, 2.24) is 34.9 Å². The second-order valence-corrected chi connectivity index (χ2v) is 10.7. The molecule has 0 spiro atoms. The molecule has 1 unspecified atom stereocenters. The van der Waals surface area contributed by atoms with Crippen molar-refractivity contribution in [2.75, 3.05) is 26.2 Å². The number of hydrogen-bond donors (Lipinski definition) is 1. The molecule has 2 amide bonds. The van der Waals surface area contributed by atoms with Gasteiger partial charge in [-0.15, -0.1) is 0 Å². The SMILES string of the molecule is Cc1nn(-c2cnccn2)c(C)c1C(=O)N1C=C2CN(CC[C@H](NC(=O)C(C)C)c3cccc(F)c3)CC2C1. The molecule has 1 aromatic carbocycles. The molecule has 2 aromatic heterocycles. The molecule has 0 saturated carbocycles. The molecular formula is C29H34FN7O2. The third-order valence-electron chi connectivity index (χ3n) is 7.51. The van der Waals surface area contributed by atoms with Crippen LogP contribution in [0.3, 0.4) is 0 Å². The van der Waals surface area contributed by atoms with Gasteiger partial charge in [-0.1, -0.05) is 26.0 Å². The number of fused-ring (bicyclic) bond motifs is 1. The topological polar surface area (TPSA) is 96.2 Å². The summed E-state index contributed by atoms with van der Waals surface area (Å²) in [5.74, 6) is 0.271. The first kappa shape index (κ1) is 26.7. The van der Waals surface area contributed by atoms with E-state index in [2.05, 4.69) is 25.3 Å². The first-order valence-electron chi connectivity index (χ1n) is 13.3. The van der Waals surface area contributed by atoms with Gasteiger partial charge in [-0.05, 0) is 43.5 Å². The predicted molar refractivity (Wildman–Crippen MR) is 144 cm³/mol. The lowest BCUT2D eigenvalue weighted by atomic mass is 10.0. The number of hydrogen-bond acceptors (Lipinski definition) is 6. The Kier molecular flexibility index (Phi) is 7.56. The number of nitrogens with zero attached hydrogens (tertiary/aromatic N) is 6. The van der Waals surface area contributed by atoms with Crippen molar-refractivity contribution >= 4 is 11.8 Å². The fraction of sp³-hybridized carbons (Fsp3) is 0.414. The van der Waals surface area contributed by atoms with Gasteiger partial charge in [0.15, 0.2) is 5.82 Å². The fourth-order valence-electron chi connectivity index (χ4n) is 5.42. The van der Waals surface area contributed by atoms with Gasteiger partial charge in [-0.3, -0.25) is 19.5 Å². The maximum atomic E-state index is 13.9. The summed E-state index contributed by atoms with van der Waals surface area (Å²) >= 11 is 0. The third-order valence-corrected chi connectivity index (χ3v) is 7.51. The number of benzene rings is 1. The van der Waals surface area contributed by atoms with Gasteiger partial charge >= 0.3 is 0 Å². The van der Waals surface area contributed by atoms with E-state index >= 15 is 0 Å². The molecule has 2 atom stereocenters. The Morgan fingerprint density at radius 2 is 2.00 bits per heavy atom. The van der Waals surface area contributed by atoms with Crippen LogP contribution in [0.1, 0.15) is 53.6 Å². The van der Waals surface area contributed by atoms with Crippen molar-refractivity contribution in [3.8, 4) is 5.82 Å². The highest BCUT2D eigenvalue weighted by atomic mass is 19.1. The third kappa shape index (κ3) is 5.61. The lowest BCUT2D eigenvalue weighted by molar-refractivity contribution is -0.124. The van der Waals surface area contributed by atoms with Crippen LogP contribution in [0.2, 0.25) is 0 Å². The number of rotatable bonds is 8. The van der Waals surface area contributed by atoms with Crippen LogP contribution < -0.4 is 5.32 Å². The van der Waals surface area contributed by atoms with E-state index in [1.54, 1.807) is 34.2 Å². The monoisotopic (exact) mass is 531 g/mol. The molecule has 0 bridgehead atoms. The number of carbonyl (C=O) groups is 2. The van der Waals surface area contributed by atoms with Gasteiger partial charge in [0.05, 0.1) is 29.2 Å². The fourth-order valence-corrected chi connectivity index (χ4v) is 5.42. The summed E-state index contributed by atoms with van der Waals surface area (Å²) in [5.41, 5.74) is 3.99. The summed E-state index contributed by atoms with van der Waals surface area (Å²) in [5, 5.41) is 7.63. The number of likely N-dealkylation sites (tertiary alicyclic amines) is 1. The summed E-state index contributed by atoms with van der Waals surface area (Å²) in [4.78, 5) is 38.5. The molecule has 1 saturated heterocycles. The molecule has 1 fully saturated rings. The van der Waals surface area contributed by atoms with Gasteiger partial charge in [0.25, 0.3) is 5.91 Å². The van der Waals surface area contributed by atoms with Crippen LogP contribution in [0, 0.1) is 31.5 Å². The van der Waals surface area contributed by atoms with Gasteiger partial charge in [0.1, 0.15) is 5.82 Å². The molecular weight excluding hydrogens is 497 g/mol. The molecule has 9 nitrogen and oxygen atoms in total. The van der Waals surface area contributed by atoms with E-state index < -0.39 is 0 Å². The minimum absolute atomic E-state index is 0.0485. The van der Waals surface area contributed by atoms with E-state index in [-0.39, 0.29) is 35.5 Å². The normalized spacial score (nSPS) is 17.8. The Balaban J connectivity index is 1.24. The van der Waals surface area contributed by atoms with Crippen LogP contribution in [0.4, 0.5) is 4.39 Å². The highest BCUT2D eigenvalue weighted by Gasteiger charge is 2.37. The highest BCUT2D eigenvalue weighted by molar-refractivity contribution is 5.97. The number of amides is 2. The van der Waals surface area contributed by atoms with Gasteiger partial charge < -0.3 is 10.2 Å². The van der Waals surface area contributed by atoms with Crippen molar-refractivity contribution in [1.29, 1.82) is 0 Å². The molecule has 2 aliphatic heterocycles. The molecule has 4 heterocycles. The lowest BCUT2D eigenvalue weighted by Crippen LogP contribution is -2.35. The standard InChI is InChI=1S/C29H34FN7O2/c1-18(2)28(38)33-25(21-6-5-7-24(30)12-21)8-11-35-14-22-16-36(17-23(22)15-35)29(39)27-19(3)34-37(20(27)4)26-13-31-9-10-32-26/h5-7,9-10,12-13,16,18,23,25H,8,11,14-15,17H2,1-4H3,(H,33,38)/t23?,25-/m0/s1. The number of aromatic nitrogens is 4. The second kappa shape index (κ2) is 11.1. The molecule has 0 radical (unpaired) electrons. The van der Waals surface area contributed by atoms with E-state index in [0.29, 0.717) is 30.0 Å². The van der Waals surface area contributed by atoms with E-state index in [1.807, 2.05) is 40.0 Å². The summed E-state index contributed by atoms with van der Waals surface area (Å²) in [6, 6.07) is 6.17. The van der Waals surface area contributed by atoms with Crippen LogP contribution >= 0.6 is 0 Å². The zero-order valence-electron chi connectivity index (χ0n) is 22.8. The van der Waals surface area contributed by atoms with Crippen molar-refractivity contribution < 1.29 is 14.0 Å². The first-order chi connectivity index (χ1) is 18.7. The molecule has 10 heteroatoms. The van der Waals surface area contributed by atoms with Crippen LogP contribution in [0.5, 0.6) is 0 Å². The minimum atomic E-state index is -0.311. The first-order valence-corrected chi connectivity index (χ1v) is 13.3. The number of nitrogens with one attached hydrogen (secondary N) is 1. The maximum Gasteiger partial charge on any atom is 0.261 e. The van der Waals surface area contributed by atoms with Gasteiger partial charge in [-0.2, -0.15) is 5.10 Å². The summed E-state index contributed by atoms with van der Waals surface area (Å²) in [6.07, 6.45) is 7.48. The van der Waals surface area contributed by atoms with Crippen LogP contribution in [-0.2, 0) is 4.79 Å². The van der Waals surface area contributed by atoms with Crippen LogP contribution in [0.25, 0.3) is 5.82 Å². The lowest BCUT2D eigenvalue weighted by Gasteiger charge is -2.24. The Labute approximate surface area is 227 Å². The molecule has 3 aromatic rings. The number of aryl methyl sites for hydroxylation is 1. The Hall–Kier alpha value is -3.92. The summed E-state index contributed by atoms with van der Waals surface area (Å²) < 4.78 is 15.6. The number of halogens is 1. The van der Waals surface area contributed by atoms with Crippen molar-refractivity contribution in [3.63, 3.8) is 0 Å². The second-order valence-electron chi connectivity index (χ2n) is 10.7. The minimum Gasteiger partial charge on any atom is -0.349 e. The van der Waals surface area contributed by atoms with Gasteiger partial charge in [0.2, 0.25) is 5.91 Å². The average Bonchev–Trinajstić information content (AvgIpc) is 3.57. The molecule has 0 aliphatic carbocycles. The zero-order chi connectivity index (χ0) is 27.7. The Morgan fingerprint density at radius 3 is 2.69 bits per heavy atom. The quantitative estimate of drug-likeness (QED) is 0.477. The van der Waals surface area contributed by atoms with E-state index in [0.717, 1.165) is 30.9 Å². The Bertz CT molecular complexity index is 1400. The van der Waals surface area contributed by atoms with Crippen LogP contribution in [0.15, 0.2) is 54.6 Å². The highest BCUT2D eigenvalue weighted by Crippen LogP contribution is 2.32. The van der Waals surface area contributed by atoms with E-state index in [1.165, 1.54) is 17.7 Å². The largest absolute Gasteiger partial charge is 0.349 e. The van der Waals surface area contributed by atoms with Crippen molar-refractivity contribution in [2.24, 2.45) is 11.8 Å². The van der Waals surface area contributed by atoms with Crippen LogP contribution in [-0.4, -0.2) is 67.5 Å². The van der Waals surface area contributed by atoms with Gasteiger partial charge in [-0.25, -0.2) is 14.1 Å². The molecule has 5 rings (SSSR count). The smallest absolute Gasteiger partial charge is 0.261 e. The maximum absolute atomic E-state index is 13.9. The van der Waals surface area contributed by atoms with Crippen molar-refractivity contribution in [3.05, 3.63) is 83.0 Å². The Morgan fingerprint density at radius 1 is 1.18 bits per heavy atom. The zero-order valence-corrected chi connectivity index (χ0v) is 22.8. The molecule has 39 heavy (non-hydrogen) atoms. The van der Waals surface area contributed by atoms with Crippen molar-refractivity contribution in [2.45, 2.75) is 40.2 Å². The molecule has 2 aliphatic rings. The van der Waals surface area contributed by atoms with E-state index in [4.69, 9.17) is 0 Å².